The van der Waals surface area contributed by atoms with E-state index in [4.69, 9.17) is 5.73 Å². The van der Waals surface area contributed by atoms with Gasteiger partial charge in [-0.25, -0.2) is 4.98 Å². The Bertz CT molecular complexity index is 550. The molecule has 2 rings (SSSR count). The number of H-pyrrole nitrogens is 1. The number of thioether (sulfide) groups is 1. The summed E-state index contributed by atoms with van der Waals surface area (Å²) >= 11 is 1.21. The van der Waals surface area contributed by atoms with Gasteiger partial charge in [0.1, 0.15) is 5.82 Å². The van der Waals surface area contributed by atoms with Crippen LogP contribution < -0.4 is 5.73 Å². The van der Waals surface area contributed by atoms with Gasteiger partial charge in [-0.3, -0.25) is 9.89 Å². The lowest BCUT2D eigenvalue weighted by molar-refractivity contribution is -0.115. The summed E-state index contributed by atoms with van der Waals surface area (Å²) in [5, 5.41) is 7.26. The van der Waals surface area contributed by atoms with Crippen molar-refractivity contribution in [2.24, 2.45) is 5.73 Å². The maximum Gasteiger partial charge on any atom is 0.227 e. The van der Waals surface area contributed by atoms with E-state index in [1.54, 1.807) is 0 Å². The summed E-state index contributed by atoms with van der Waals surface area (Å²) in [6, 6.07) is 9.89. The first-order valence-corrected chi connectivity index (χ1v) is 6.29. The van der Waals surface area contributed by atoms with Crippen LogP contribution >= 0.6 is 11.8 Å². The third-order valence-electron chi connectivity index (χ3n) is 2.06. The first kappa shape index (κ1) is 12.4. The SMILES string of the molecule is NC(=O)CSc1n[nH]c(C=Cc2ccccc2)n1. The molecule has 0 saturated heterocycles. The molecule has 0 aliphatic carbocycles. The van der Waals surface area contributed by atoms with Crippen LogP contribution in [0.2, 0.25) is 0 Å². The first-order valence-electron chi connectivity index (χ1n) is 5.30. The number of carbonyl (C=O) groups excluding carboxylic acids is 1. The molecule has 3 N–H and O–H groups in total. The van der Waals surface area contributed by atoms with E-state index in [9.17, 15) is 4.79 Å². The minimum absolute atomic E-state index is 0.180. The maximum atomic E-state index is 10.6. The van der Waals surface area contributed by atoms with Crippen LogP contribution in [-0.2, 0) is 4.79 Å². The van der Waals surface area contributed by atoms with Gasteiger partial charge in [-0.05, 0) is 11.6 Å². The minimum atomic E-state index is -0.383. The first-order chi connectivity index (χ1) is 8.74. The topological polar surface area (TPSA) is 84.7 Å². The number of nitrogens with zero attached hydrogens (tertiary/aromatic N) is 2. The highest BCUT2D eigenvalue weighted by atomic mass is 32.2. The second kappa shape index (κ2) is 6.02. The molecule has 0 saturated carbocycles. The largest absolute Gasteiger partial charge is 0.369 e. The van der Waals surface area contributed by atoms with Crippen LogP contribution in [0.15, 0.2) is 35.5 Å². The van der Waals surface area contributed by atoms with Gasteiger partial charge in [0.25, 0.3) is 0 Å². The van der Waals surface area contributed by atoms with Gasteiger partial charge in [-0.1, -0.05) is 48.2 Å². The van der Waals surface area contributed by atoms with Crippen molar-refractivity contribution < 1.29 is 4.79 Å². The molecular formula is C12H12N4OS. The molecule has 6 heteroatoms. The third kappa shape index (κ3) is 3.74. The normalized spacial score (nSPS) is 10.9. The van der Waals surface area contributed by atoms with E-state index in [1.165, 1.54) is 11.8 Å². The number of carbonyl (C=O) groups is 1. The molecule has 0 aliphatic rings. The maximum absolute atomic E-state index is 10.6. The van der Waals surface area contributed by atoms with Gasteiger partial charge >= 0.3 is 0 Å². The number of benzene rings is 1. The average Bonchev–Trinajstić information content (AvgIpc) is 2.83. The lowest BCUT2D eigenvalue weighted by atomic mass is 10.2. The highest BCUT2D eigenvalue weighted by Gasteiger charge is 2.03. The Morgan fingerprint density at radius 1 is 1.33 bits per heavy atom. The molecule has 5 nitrogen and oxygen atoms in total. The van der Waals surface area contributed by atoms with Crippen molar-refractivity contribution in [3.05, 3.63) is 41.7 Å². The highest BCUT2D eigenvalue weighted by Crippen LogP contribution is 2.12. The van der Waals surface area contributed by atoms with Crippen LogP contribution in [0.25, 0.3) is 12.2 Å². The lowest BCUT2D eigenvalue weighted by Crippen LogP contribution is -2.13. The number of amides is 1. The monoisotopic (exact) mass is 260 g/mol. The number of hydrogen-bond acceptors (Lipinski definition) is 4. The molecule has 1 heterocycles. The van der Waals surface area contributed by atoms with E-state index in [-0.39, 0.29) is 11.7 Å². The minimum Gasteiger partial charge on any atom is -0.369 e. The van der Waals surface area contributed by atoms with Gasteiger partial charge < -0.3 is 5.73 Å². The van der Waals surface area contributed by atoms with E-state index < -0.39 is 0 Å². The van der Waals surface area contributed by atoms with Crippen LogP contribution in [0.1, 0.15) is 11.4 Å². The Morgan fingerprint density at radius 3 is 2.83 bits per heavy atom. The van der Waals surface area contributed by atoms with E-state index in [0.29, 0.717) is 11.0 Å². The predicted octanol–water partition coefficient (Wildman–Crippen LogP) is 1.55. The van der Waals surface area contributed by atoms with Gasteiger partial charge in [0.15, 0.2) is 0 Å². The van der Waals surface area contributed by atoms with Crippen molar-refractivity contribution in [1.29, 1.82) is 0 Å². The molecular weight excluding hydrogens is 248 g/mol. The molecule has 18 heavy (non-hydrogen) atoms. The molecule has 1 aromatic carbocycles. The molecule has 0 aliphatic heterocycles. The van der Waals surface area contributed by atoms with Crippen LogP contribution in [-0.4, -0.2) is 26.8 Å². The van der Waals surface area contributed by atoms with Crippen molar-refractivity contribution >= 4 is 29.8 Å². The van der Waals surface area contributed by atoms with E-state index >= 15 is 0 Å². The Balaban J connectivity index is 1.98. The highest BCUT2D eigenvalue weighted by molar-refractivity contribution is 7.99. The molecule has 1 aromatic heterocycles. The molecule has 0 bridgehead atoms. The molecule has 0 fully saturated rings. The molecule has 0 radical (unpaired) electrons. The Morgan fingerprint density at radius 2 is 2.11 bits per heavy atom. The Hall–Kier alpha value is -2.08. The number of primary amides is 1. The quantitative estimate of drug-likeness (QED) is 0.799. The zero-order chi connectivity index (χ0) is 12.8. The second-order valence-corrected chi connectivity index (χ2v) is 4.44. The number of rotatable bonds is 5. The zero-order valence-corrected chi connectivity index (χ0v) is 10.4. The Kier molecular flexibility index (Phi) is 4.14. The van der Waals surface area contributed by atoms with Crippen molar-refractivity contribution in [3.63, 3.8) is 0 Å². The van der Waals surface area contributed by atoms with Crippen LogP contribution in [0, 0.1) is 0 Å². The van der Waals surface area contributed by atoms with Crippen LogP contribution in [0.4, 0.5) is 0 Å². The van der Waals surface area contributed by atoms with Gasteiger partial charge in [0, 0.05) is 0 Å². The van der Waals surface area contributed by atoms with E-state index in [0.717, 1.165) is 5.56 Å². The zero-order valence-electron chi connectivity index (χ0n) is 9.54. The Labute approximate surface area is 109 Å². The van der Waals surface area contributed by atoms with Crippen molar-refractivity contribution in [2.75, 3.05) is 5.75 Å². The van der Waals surface area contributed by atoms with Crippen molar-refractivity contribution in [2.45, 2.75) is 5.16 Å². The summed E-state index contributed by atoms with van der Waals surface area (Å²) in [4.78, 5) is 14.8. The fourth-order valence-electron chi connectivity index (χ4n) is 1.27. The third-order valence-corrected chi connectivity index (χ3v) is 2.93. The van der Waals surface area contributed by atoms with Crippen LogP contribution in [0.3, 0.4) is 0 Å². The summed E-state index contributed by atoms with van der Waals surface area (Å²) in [6.07, 6.45) is 3.76. The number of nitrogens with one attached hydrogen (secondary N) is 1. The number of nitrogens with two attached hydrogens (primary N) is 1. The number of hydrogen-bond donors (Lipinski definition) is 2. The van der Waals surface area contributed by atoms with Gasteiger partial charge in [0.2, 0.25) is 11.1 Å². The van der Waals surface area contributed by atoms with Crippen molar-refractivity contribution in [3.8, 4) is 0 Å². The summed E-state index contributed by atoms with van der Waals surface area (Å²) in [6.45, 7) is 0. The fourth-order valence-corrected chi connectivity index (χ4v) is 1.82. The molecule has 0 unspecified atom stereocenters. The average molecular weight is 260 g/mol. The smallest absolute Gasteiger partial charge is 0.227 e. The summed E-state index contributed by atoms with van der Waals surface area (Å²) in [5.41, 5.74) is 6.13. The molecule has 2 aromatic rings. The molecule has 0 atom stereocenters. The fraction of sp³-hybridized carbons (Fsp3) is 0.0833. The summed E-state index contributed by atoms with van der Waals surface area (Å²) in [5.74, 6) is 0.441. The van der Waals surface area contributed by atoms with E-state index in [2.05, 4.69) is 15.2 Å². The van der Waals surface area contributed by atoms with Crippen molar-refractivity contribution in [1.82, 2.24) is 15.2 Å². The van der Waals surface area contributed by atoms with Crippen LogP contribution in [0.5, 0.6) is 0 Å². The summed E-state index contributed by atoms with van der Waals surface area (Å²) < 4.78 is 0. The summed E-state index contributed by atoms with van der Waals surface area (Å²) in [7, 11) is 0. The number of aromatic amines is 1. The molecule has 92 valence electrons. The molecule has 1 amide bonds. The number of aromatic nitrogens is 3. The second-order valence-electron chi connectivity index (χ2n) is 3.50. The predicted molar refractivity (Wildman–Crippen MR) is 71.7 cm³/mol. The van der Waals surface area contributed by atoms with Gasteiger partial charge in [0.05, 0.1) is 5.75 Å². The lowest BCUT2D eigenvalue weighted by Gasteiger charge is -1.90. The van der Waals surface area contributed by atoms with Gasteiger partial charge in [-0.2, -0.15) is 0 Å². The van der Waals surface area contributed by atoms with Gasteiger partial charge in [-0.15, -0.1) is 5.10 Å². The van der Waals surface area contributed by atoms with E-state index in [1.807, 2.05) is 42.5 Å². The standard InChI is InChI=1S/C12H12N4OS/c13-10(17)8-18-12-14-11(15-16-12)7-6-9-4-2-1-3-5-9/h1-7H,8H2,(H2,13,17)(H,14,15,16). The molecule has 0 spiro atoms.